The fraction of sp³-hybridized carbons (Fsp3) is 0.409. The van der Waals surface area contributed by atoms with Crippen LogP contribution in [0.25, 0.3) is 5.57 Å². The normalized spacial score (nSPS) is 15.6. The van der Waals surface area contributed by atoms with Gasteiger partial charge in [0, 0.05) is 35.9 Å². The summed E-state index contributed by atoms with van der Waals surface area (Å²) in [5.41, 5.74) is 11.5. The Morgan fingerprint density at radius 2 is 2.11 bits per heavy atom. The molecule has 0 atom stereocenters. The molecule has 27 heavy (non-hydrogen) atoms. The molecule has 0 spiro atoms. The van der Waals surface area contributed by atoms with E-state index >= 15 is 0 Å². The number of nitrogens with two attached hydrogens (primary N) is 1. The molecule has 0 aliphatic heterocycles. The van der Waals surface area contributed by atoms with Gasteiger partial charge in [-0.3, -0.25) is 15.0 Å². The van der Waals surface area contributed by atoms with Crippen LogP contribution in [0.1, 0.15) is 56.1 Å². The Kier molecular flexibility index (Phi) is 6.58. The second-order valence-electron chi connectivity index (χ2n) is 7.09. The lowest BCUT2D eigenvalue weighted by atomic mass is 10.1. The first-order valence-electron chi connectivity index (χ1n) is 9.85. The highest BCUT2D eigenvalue weighted by Gasteiger charge is 2.15. The summed E-state index contributed by atoms with van der Waals surface area (Å²) < 4.78 is 0. The highest BCUT2D eigenvalue weighted by Crippen LogP contribution is 2.25. The summed E-state index contributed by atoms with van der Waals surface area (Å²) in [5.74, 6) is 0. The number of aliphatic imine (C=N–C) groups is 1. The second kappa shape index (κ2) is 9.31. The Hall–Kier alpha value is -2.69. The number of anilines is 1. The molecule has 0 saturated heterocycles. The first-order chi connectivity index (χ1) is 13.2. The van der Waals surface area contributed by atoms with Crippen molar-refractivity contribution >= 4 is 23.2 Å². The Balaban J connectivity index is 1.73. The molecule has 2 aromatic rings. The van der Waals surface area contributed by atoms with Crippen LogP contribution in [0.15, 0.2) is 41.7 Å². The van der Waals surface area contributed by atoms with Crippen molar-refractivity contribution in [2.45, 2.75) is 58.4 Å². The summed E-state index contributed by atoms with van der Waals surface area (Å²) in [7, 11) is 0. The lowest BCUT2D eigenvalue weighted by molar-refractivity contribution is 0.753. The Morgan fingerprint density at radius 1 is 1.30 bits per heavy atom. The number of hydrogen-bond acceptors (Lipinski definition) is 5. The van der Waals surface area contributed by atoms with Crippen LogP contribution >= 0.6 is 0 Å². The molecule has 1 aliphatic carbocycles. The van der Waals surface area contributed by atoms with E-state index < -0.39 is 0 Å². The van der Waals surface area contributed by atoms with Gasteiger partial charge in [0.25, 0.3) is 0 Å². The summed E-state index contributed by atoms with van der Waals surface area (Å²) >= 11 is 0. The minimum absolute atomic E-state index is 0.575. The minimum atomic E-state index is 0.575. The molecule has 0 bridgehead atoms. The smallest absolute Gasteiger partial charge is 0.0736 e. The molecule has 3 N–H and O–H groups in total. The number of nitrogens with one attached hydrogen (secondary N) is 1. The van der Waals surface area contributed by atoms with Crippen LogP contribution in [0, 0.1) is 6.92 Å². The van der Waals surface area contributed by atoms with E-state index in [4.69, 9.17) is 10.7 Å². The maximum atomic E-state index is 5.85. The quantitative estimate of drug-likeness (QED) is 0.693. The van der Waals surface area contributed by atoms with Crippen LogP contribution in [0.2, 0.25) is 0 Å². The first kappa shape index (κ1) is 19.1. The zero-order chi connectivity index (χ0) is 19.1. The van der Waals surface area contributed by atoms with Gasteiger partial charge in [-0.2, -0.15) is 0 Å². The van der Waals surface area contributed by atoms with Gasteiger partial charge in [0.2, 0.25) is 0 Å². The van der Waals surface area contributed by atoms with Crippen LogP contribution in [0.5, 0.6) is 0 Å². The van der Waals surface area contributed by atoms with Gasteiger partial charge in [-0.25, -0.2) is 0 Å². The van der Waals surface area contributed by atoms with Gasteiger partial charge in [-0.1, -0.05) is 26.2 Å². The number of allylic oxidation sites excluding steroid dienone is 1. The summed E-state index contributed by atoms with van der Waals surface area (Å²) in [4.78, 5) is 13.7. The van der Waals surface area contributed by atoms with Crippen molar-refractivity contribution in [2.75, 3.05) is 5.32 Å². The number of aromatic nitrogens is 2. The third kappa shape index (κ3) is 5.16. The molecule has 1 saturated carbocycles. The average Bonchev–Trinajstić information content (AvgIpc) is 3.18. The third-order valence-electron chi connectivity index (χ3n) is 4.93. The predicted molar refractivity (Wildman–Crippen MR) is 113 cm³/mol. The topological polar surface area (TPSA) is 76.2 Å². The molecular formula is C22H29N5. The lowest BCUT2D eigenvalue weighted by Crippen LogP contribution is -2.15. The van der Waals surface area contributed by atoms with E-state index in [0.717, 1.165) is 46.9 Å². The molecule has 3 rings (SSSR count). The Bertz CT molecular complexity index is 819. The molecule has 2 aromatic heterocycles. The van der Waals surface area contributed by atoms with Gasteiger partial charge in [-0.15, -0.1) is 0 Å². The van der Waals surface area contributed by atoms with E-state index in [1.165, 1.54) is 25.7 Å². The highest BCUT2D eigenvalue weighted by molar-refractivity contribution is 6.09. The SMILES string of the molecule is CCCc1cc(N=CC(=CN)c2ccc(NC3CCCC3)c(C)n2)ccn1. The van der Waals surface area contributed by atoms with Gasteiger partial charge in [0.05, 0.1) is 22.8 Å². The van der Waals surface area contributed by atoms with E-state index in [9.17, 15) is 0 Å². The number of hydrogen-bond donors (Lipinski definition) is 2. The Morgan fingerprint density at radius 3 is 2.81 bits per heavy atom. The molecule has 5 heteroatoms. The number of pyridine rings is 2. The summed E-state index contributed by atoms with van der Waals surface area (Å²) in [5, 5.41) is 3.62. The molecule has 1 aliphatic rings. The van der Waals surface area contributed by atoms with E-state index in [1.54, 1.807) is 18.6 Å². The van der Waals surface area contributed by atoms with Gasteiger partial charge in [0.15, 0.2) is 0 Å². The summed E-state index contributed by atoms with van der Waals surface area (Å²) in [6.07, 6.45) is 12.3. The maximum absolute atomic E-state index is 5.85. The van der Waals surface area contributed by atoms with Crippen molar-refractivity contribution in [2.24, 2.45) is 10.7 Å². The second-order valence-corrected chi connectivity index (χ2v) is 7.09. The van der Waals surface area contributed by atoms with Gasteiger partial charge < -0.3 is 11.1 Å². The Labute approximate surface area is 161 Å². The molecule has 5 nitrogen and oxygen atoms in total. The highest BCUT2D eigenvalue weighted by atomic mass is 14.9. The van der Waals surface area contributed by atoms with Crippen molar-refractivity contribution in [3.63, 3.8) is 0 Å². The standard InChI is InChI=1S/C22H29N5/c1-3-6-19-13-20(11-12-24-19)25-15-17(14-23)22-10-9-21(16(2)26-22)27-18-7-4-5-8-18/h9-15,18,27H,3-8,23H2,1-2H3. The largest absolute Gasteiger partial charge is 0.404 e. The zero-order valence-corrected chi connectivity index (χ0v) is 16.3. The molecule has 0 aromatic carbocycles. The fourth-order valence-corrected chi connectivity index (χ4v) is 3.44. The minimum Gasteiger partial charge on any atom is -0.404 e. The fourth-order valence-electron chi connectivity index (χ4n) is 3.44. The van der Waals surface area contributed by atoms with Crippen LogP contribution in [0.4, 0.5) is 11.4 Å². The third-order valence-corrected chi connectivity index (χ3v) is 4.93. The van der Waals surface area contributed by atoms with Gasteiger partial charge in [-0.05, 0) is 50.5 Å². The number of rotatable bonds is 7. The molecule has 2 heterocycles. The van der Waals surface area contributed by atoms with Crippen molar-refractivity contribution in [3.8, 4) is 0 Å². The molecule has 0 unspecified atom stereocenters. The summed E-state index contributed by atoms with van der Waals surface area (Å²) in [6.45, 7) is 4.18. The van der Waals surface area contributed by atoms with Crippen LogP contribution < -0.4 is 11.1 Å². The number of aryl methyl sites for hydroxylation is 2. The van der Waals surface area contributed by atoms with Crippen molar-refractivity contribution < 1.29 is 0 Å². The van der Waals surface area contributed by atoms with Gasteiger partial charge >= 0.3 is 0 Å². The lowest BCUT2D eigenvalue weighted by Gasteiger charge is -2.16. The molecule has 142 valence electrons. The van der Waals surface area contributed by atoms with Crippen molar-refractivity contribution in [1.82, 2.24) is 9.97 Å². The molecule has 0 amide bonds. The summed E-state index contributed by atoms with van der Waals surface area (Å²) in [6, 6.07) is 8.59. The van der Waals surface area contributed by atoms with E-state index in [2.05, 4.69) is 28.3 Å². The first-order valence-corrected chi connectivity index (χ1v) is 9.85. The zero-order valence-electron chi connectivity index (χ0n) is 16.3. The van der Waals surface area contributed by atoms with Crippen LogP contribution in [-0.4, -0.2) is 22.2 Å². The van der Waals surface area contributed by atoms with Gasteiger partial charge in [0.1, 0.15) is 0 Å². The number of nitrogens with zero attached hydrogens (tertiary/aromatic N) is 3. The molecular weight excluding hydrogens is 334 g/mol. The van der Waals surface area contributed by atoms with Crippen molar-refractivity contribution in [1.29, 1.82) is 0 Å². The molecule has 0 radical (unpaired) electrons. The van der Waals surface area contributed by atoms with Crippen molar-refractivity contribution in [3.05, 3.63) is 53.7 Å². The monoisotopic (exact) mass is 363 g/mol. The maximum Gasteiger partial charge on any atom is 0.0736 e. The average molecular weight is 364 g/mol. The van der Waals surface area contributed by atoms with Crippen LogP contribution in [-0.2, 0) is 6.42 Å². The van der Waals surface area contributed by atoms with E-state index in [0.29, 0.717) is 6.04 Å². The predicted octanol–water partition coefficient (Wildman–Crippen LogP) is 4.79. The van der Waals surface area contributed by atoms with E-state index in [-0.39, 0.29) is 0 Å². The van der Waals surface area contributed by atoms with E-state index in [1.807, 2.05) is 25.1 Å². The molecule has 1 fully saturated rings. The van der Waals surface area contributed by atoms with Crippen LogP contribution in [0.3, 0.4) is 0 Å².